The molecule has 3 N–H and O–H groups in total. The van der Waals surface area contributed by atoms with Crippen LogP contribution in [0.1, 0.15) is 28.9 Å². The molecule has 1 saturated carbocycles. The highest BCUT2D eigenvalue weighted by Gasteiger charge is 2.28. The molecular weight excluding hydrogens is 494 g/mol. The lowest BCUT2D eigenvalue weighted by Gasteiger charge is -2.15. The van der Waals surface area contributed by atoms with Crippen molar-refractivity contribution in [1.82, 2.24) is 15.3 Å². The number of aryl methyl sites for hydroxylation is 1. The van der Waals surface area contributed by atoms with Crippen molar-refractivity contribution in [2.24, 2.45) is 5.73 Å². The number of nitrogens with one attached hydrogen (secondary N) is 1. The minimum absolute atomic E-state index is 0.0156. The Balaban J connectivity index is 1.49. The van der Waals surface area contributed by atoms with Crippen LogP contribution in [0, 0.1) is 18.6 Å². The average molecular weight is 521 g/mol. The standard InChI is InChI=1S/C28H26F2N4O4/c1-15-11-24(37-17-3-4-17)25(28(31)35)26(34-15)16-12-20(29)27(21(30)13-16)38-23-7-8-33-22-14-18(5-6-19(22)23)36-10-9-32-2/h5-8,11-14,17,32H,3-4,9-10H2,1-2H3,(H2,31,35). The molecule has 1 amide bonds. The number of carbonyl (C=O) groups excluding carboxylic acids is 1. The molecule has 2 aromatic carbocycles. The maximum Gasteiger partial charge on any atom is 0.254 e. The number of nitrogens with zero attached hydrogens (tertiary/aromatic N) is 2. The molecule has 196 valence electrons. The lowest BCUT2D eigenvalue weighted by atomic mass is 10.0. The van der Waals surface area contributed by atoms with E-state index in [1.807, 2.05) is 7.05 Å². The van der Waals surface area contributed by atoms with E-state index in [1.54, 1.807) is 31.2 Å². The molecular formula is C28H26F2N4O4. The summed E-state index contributed by atoms with van der Waals surface area (Å²) in [7, 11) is 1.83. The molecule has 10 heteroatoms. The van der Waals surface area contributed by atoms with Crippen LogP contribution in [0.25, 0.3) is 22.2 Å². The summed E-state index contributed by atoms with van der Waals surface area (Å²) in [6.45, 7) is 2.85. The van der Waals surface area contributed by atoms with Gasteiger partial charge in [-0.15, -0.1) is 0 Å². The molecule has 0 spiro atoms. The molecule has 0 saturated heterocycles. The second-order valence-electron chi connectivity index (χ2n) is 8.98. The number of benzene rings is 2. The fourth-order valence-electron chi connectivity index (χ4n) is 4.00. The number of aromatic nitrogens is 2. The van der Waals surface area contributed by atoms with E-state index >= 15 is 8.78 Å². The van der Waals surface area contributed by atoms with E-state index in [0.29, 0.717) is 35.5 Å². The summed E-state index contributed by atoms with van der Waals surface area (Å²) < 4.78 is 47.8. The van der Waals surface area contributed by atoms with Gasteiger partial charge in [0.1, 0.15) is 29.4 Å². The maximum absolute atomic E-state index is 15.3. The number of halogens is 2. The van der Waals surface area contributed by atoms with Crippen LogP contribution in [0.15, 0.2) is 48.7 Å². The number of carbonyl (C=O) groups is 1. The molecule has 4 aromatic rings. The number of rotatable bonds is 10. The van der Waals surface area contributed by atoms with Gasteiger partial charge in [-0.25, -0.2) is 8.78 Å². The highest BCUT2D eigenvalue weighted by atomic mass is 19.1. The number of pyridine rings is 2. The molecule has 0 bridgehead atoms. The number of nitrogens with two attached hydrogens (primary N) is 1. The van der Waals surface area contributed by atoms with E-state index in [9.17, 15) is 4.79 Å². The minimum Gasteiger partial charge on any atom is -0.492 e. The van der Waals surface area contributed by atoms with Crippen molar-refractivity contribution >= 4 is 16.8 Å². The summed E-state index contributed by atoms with van der Waals surface area (Å²) >= 11 is 0. The lowest BCUT2D eigenvalue weighted by molar-refractivity contribution is 0.0996. The number of amides is 1. The van der Waals surface area contributed by atoms with Gasteiger partial charge in [-0.05, 0) is 57.1 Å². The van der Waals surface area contributed by atoms with Gasteiger partial charge in [-0.2, -0.15) is 0 Å². The van der Waals surface area contributed by atoms with E-state index in [0.717, 1.165) is 25.0 Å². The zero-order chi connectivity index (χ0) is 26.8. The summed E-state index contributed by atoms with van der Waals surface area (Å²) in [6, 6.07) is 10.4. The molecule has 38 heavy (non-hydrogen) atoms. The van der Waals surface area contributed by atoms with Crippen LogP contribution in [0.2, 0.25) is 0 Å². The zero-order valence-corrected chi connectivity index (χ0v) is 20.9. The Bertz CT molecular complexity index is 1500. The summed E-state index contributed by atoms with van der Waals surface area (Å²) in [4.78, 5) is 21.0. The zero-order valence-electron chi connectivity index (χ0n) is 20.9. The first-order valence-corrected chi connectivity index (χ1v) is 12.2. The summed E-state index contributed by atoms with van der Waals surface area (Å²) in [5.41, 5.74) is 6.72. The van der Waals surface area contributed by atoms with Crippen molar-refractivity contribution in [1.29, 1.82) is 0 Å². The summed E-state index contributed by atoms with van der Waals surface area (Å²) in [5, 5.41) is 3.55. The van der Waals surface area contributed by atoms with Crippen LogP contribution >= 0.6 is 0 Å². The van der Waals surface area contributed by atoms with Gasteiger partial charge in [-0.1, -0.05) is 0 Å². The predicted octanol–water partition coefficient (Wildman–Crippen LogP) is 4.91. The van der Waals surface area contributed by atoms with Gasteiger partial charge in [0.2, 0.25) is 0 Å². The molecule has 2 heterocycles. The molecule has 1 aliphatic rings. The van der Waals surface area contributed by atoms with Crippen LogP contribution in [-0.2, 0) is 0 Å². The first-order chi connectivity index (χ1) is 18.3. The number of ether oxygens (including phenoxy) is 3. The van der Waals surface area contributed by atoms with Crippen molar-refractivity contribution in [2.45, 2.75) is 25.9 Å². The van der Waals surface area contributed by atoms with E-state index in [1.165, 1.54) is 12.3 Å². The van der Waals surface area contributed by atoms with Gasteiger partial charge in [0.15, 0.2) is 17.4 Å². The van der Waals surface area contributed by atoms with Gasteiger partial charge in [0.05, 0.1) is 17.3 Å². The largest absolute Gasteiger partial charge is 0.492 e. The Labute approximate surface area is 217 Å². The Kier molecular flexibility index (Phi) is 7.06. The molecule has 1 fully saturated rings. The molecule has 5 rings (SSSR count). The second-order valence-corrected chi connectivity index (χ2v) is 8.98. The third-order valence-electron chi connectivity index (χ3n) is 5.95. The third-order valence-corrected chi connectivity index (χ3v) is 5.95. The van der Waals surface area contributed by atoms with Crippen molar-refractivity contribution in [2.75, 3.05) is 20.2 Å². The van der Waals surface area contributed by atoms with Gasteiger partial charge < -0.3 is 25.3 Å². The van der Waals surface area contributed by atoms with Gasteiger partial charge in [-0.3, -0.25) is 14.8 Å². The molecule has 2 aromatic heterocycles. The Morgan fingerprint density at radius 1 is 1.11 bits per heavy atom. The fourth-order valence-corrected chi connectivity index (χ4v) is 4.00. The molecule has 0 atom stereocenters. The highest BCUT2D eigenvalue weighted by Crippen LogP contribution is 2.38. The van der Waals surface area contributed by atoms with Crippen LogP contribution in [0.3, 0.4) is 0 Å². The summed E-state index contributed by atoms with van der Waals surface area (Å²) in [6.07, 6.45) is 3.19. The van der Waals surface area contributed by atoms with Crippen LogP contribution < -0.4 is 25.3 Å². The van der Waals surface area contributed by atoms with E-state index in [2.05, 4.69) is 15.3 Å². The van der Waals surface area contributed by atoms with Gasteiger partial charge in [0.25, 0.3) is 5.91 Å². The van der Waals surface area contributed by atoms with Crippen molar-refractivity contribution in [3.63, 3.8) is 0 Å². The normalized spacial score (nSPS) is 12.9. The molecule has 0 unspecified atom stereocenters. The van der Waals surface area contributed by atoms with E-state index < -0.39 is 23.3 Å². The van der Waals surface area contributed by atoms with Crippen LogP contribution in [0.4, 0.5) is 8.78 Å². The number of hydrogen-bond acceptors (Lipinski definition) is 7. The first kappa shape index (κ1) is 25.3. The minimum atomic E-state index is -0.972. The highest BCUT2D eigenvalue weighted by molar-refractivity contribution is 6.01. The topological polar surface area (TPSA) is 109 Å². The SMILES string of the molecule is CNCCOc1ccc2c(Oc3c(F)cc(-c4nc(C)cc(OC5CC5)c4C(N)=O)cc3F)ccnc2c1. The Morgan fingerprint density at radius 3 is 2.55 bits per heavy atom. The van der Waals surface area contributed by atoms with E-state index in [-0.39, 0.29) is 34.4 Å². The van der Waals surface area contributed by atoms with Crippen molar-refractivity contribution in [3.8, 4) is 34.3 Å². The molecule has 1 aliphatic carbocycles. The number of likely N-dealkylation sites (N-methyl/N-ethyl adjacent to an activating group) is 1. The average Bonchev–Trinajstić information content (AvgIpc) is 3.69. The monoisotopic (exact) mass is 520 g/mol. The Morgan fingerprint density at radius 2 is 1.87 bits per heavy atom. The summed E-state index contributed by atoms with van der Waals surface area (Å²) in [5.74, 6) is -2.27. The molecule has 0 radical (unpaired) electrons. The van der Waals surface area contributed by atoms with E-state index in [4.69, 9.17) is 19.9 Å². The van der Waals surface area contributed by atoms with Crippen LogP contribution in [-0.4, -0.2) is 42.2 Å². The molecule has 8 nitrogen and oxygen atoms in total. The smallest absolute Gasteiger partial charge is 0.254 e. The lowest BCUT2D eigenvalue weighted by Crippen LogP contribution is -2.16. The first-order valence-electron chi connectivity index (χ1n) is 12.2. The maximum atomic E-state index is 15.3. The third kappa shape index (κ3) is 5.35. The second kappa shape index (κ2) is 10.6. The number of primary amides is 1. The quantitative estimate of drug-likeness (QED) is 0.286. The molecule has 0 aliphatic heterocycles. The van der Waals surface area contributed by atoms with Crippen LogP contribution in [0.5, 0.6) is 23.0 Å². The van der Waals surface area contributed by atoms with Crippen molar-refractivity contribution < 1.29 is 27.8 Å². The van der Waals surface area contributed by atoms with Crippen molar-refractivity contribution in [3.05, 3.63) is 71.6 Å². The van der Waals surface area contributed by atoms with Gasteiger partial charge in [0, 0.05) is 41.5 Å². The fraction of sp³-hybridized carbons (Fsp3) is 0.250. The predicted molar refractivity (Wildman–Crippen MR) is 138 cm³/mol. The Hall–Kier alpha value is -4.31. The number of fused-ring (bicyclic) bond motifs is 1. The number of hydrogen-bond donors (Lipinski definition) is 2. The van der Waals surface area contributed by atoms with Gasteiger partial charge >= 0.3 is 0 Å².